The molecular weight excluding hydrogens is 378 g/mol. The van der Waals surface area contributed by atoms with Crippen molar-refractivity contribution in [2.24, 2.45) is 0 Å². The number of benzene rings is 1. The van der Waals surface area contributed by atoms with Crippen molar-refractivity contribution < 1.29 is 17.9 Å². The first-order chi connectivity index (χ1) is 12.1. The minimum atomic E-state index is -3.68. The summed E-state index contributed by atoms with van der Waals surface area (Å²) in [5.74, 6) is -1.25. The molecule has 0 unspecified atom stereocenters. The third-order valence-corrected chi connectivity index (χ3v) is 5.23. The molecule has 26 heavy (non-hydrogen) atoms. The molecule has 0 fully saturated rings. The molecule has 0 saturated carbocycles. The monoisotopic (exact) mass is 397 g/mol. The van der Waals surface area contributed by atoms with Crippen molar-refractivity contribution in [1.82, 2.24) is 10.3 Å². The molecule has 140 valence electrons. The standard InChI is InChI=1S/C17H20ClN3O4S/c1-10(2)25-17-15(18)13(19)8-14(21-17)16(22)20-9-26(23,24)12-6-4-11(3)5-7-12/h4-8,10H,9H2,1-3H3,(H2,19,21)(H,20,22). The average molecular weight is 398 g/mol. The quantitative estimate of drug-likeness (QED) is 0.774. The number of aromatic nitrogens is 1. The van der Waals surface area contributed by atoms with Gasteiger partial charge < -0.3 is 15.8 Å². The number of sulfone groups is 1. The van der Waals surface area contributed by atoms with Gasteiger partial charge in [0.05, 0.1) is 16.7 Å². The van der Waals surface area contributed by atoms with E-state index in [4.69, 9.17) is 22.1 Å². The van der Waals surface area contributed by atoms with Crippen LogP contribution in [0.4, 0.5) is 5.69 Å². The van der Waals surface area contributed by atoms with E-state index in [0.717, 1.165) is 5.56 Å². The number of carbonyl (C=O) groups is 1. The lowest BCUT2D eigenvalue weighted by molar-refractivity contribution is 0.0953. The summed E-state index contributed by atoms with van der Waals surface area (Å²) in [5, 5.41) is 2.44. The Hall–Kier alpha value is -2.32. The highest BCUT2D eigenvalue weighted by atomic mass is 35.5. The maximum Gasteiger partial charge on any atom is 0.270 e. The molecule has 3 N–H and O–H groups in total. The fourth-order valence-corrected chi connectivity index (χ4v) is 3.20. The molecule has 0 atom stereocenters. The van der Waals surface area contributed by atoms with Gasteiger partial charge in [0.1, 0.15) is 16.6 Å². The van der Waals surface area contributed by atoms with Gasteiger partial charge in [0.2, 0.25) is 5.88 Å². The van der Waals surface area contributed by atoms with Crippen molar-refractivity contribution in [1.29, 1.82) is 0 Å². The van der Waals surface area contributed by atoms with Gasteiger partial charge in [-0.25, -0.2) is 13.4 Å². The first-order valence-electron chi connectivity index (χ1n) is 7.80. The molecule has 0 saturated heterocycles. The van der Waals surface area contributed by atoms with Gasteiger partial charge in [-0.05, 0) is 39.0 Å². The summed E-state index contributed by atoms with van der Waals surface area (Å²) in [6.07, 6.45) is -0.223. The molecule has 1 heterocycles. The Balaban J connectivity index is 2.17. The number of carbonyl (C=O) groups excluding carboxylic acids is 1. The Kier molecular flexibility index (Phi) is 6.09. The molecule has 0 bridgehead atoms. The fraction of sp³-hybridized carbons (Fsp3) is 0.294. The number of halogens is 1. The summed E-state index contributed by atoms with van der Waals surface area (Å²) in [6.45, 7) is 5.40. The summed E-state index contributed by atoms with van der Waals surface area (Å²) in [6, 6.07) is 7.62. The van der Waals surface area contributed by atoms with Gasteiger partial charge in [0, 0.05) is 0 Å². The normalized spacial score (nSPS) is 11.4. The van der Waals surface area contributed by atoms with Crippen LogP contribution >= 0.6 is 11.6 Å². The zero-order chi connectivity index (χ0) is 19.5. The number of aryl methyl sites for hydroxylation is 1. The van der Waals surface area contributed by atoms with E-state index in [0.29, 0.717) is 0 Å². The highest BCUT2D eigenvalue weighted by Gasteiger charge is 2.19. The zero-order valence-electron chi connectivity index (χ0n) is 14.6. The number of nitrogen functional groups attached to an aromatic ring is 1. The molecule has 0 aliphatic carbocycles. The second-order valence-corrected chi connectivity index (χ2v) is 8.33. The van der Waals surface area contributed by atoms with Gasteiger partial charge in [-0.2, -0.15) is 0 Å². The highest BCUT2D eigenvalue weighted by molar-refractivity contribution is 7.91. The summed E-state index contributed by atoms with van der Waals surface area (Å²) in [4.78, 5) is 16.4. The molecule has 9 heteroatoms. The lowest BCUT2D eigenvalue weighted by atomic mass is 10.2. The van der Waals surface area contributed by atoms with E-state index < -0.39 is 21.6 Å². The van der Waals surface area contributed by atoms with E-state index >= 15 is 0 Å². The first-order valence-corrected chi connectivity index (χ1v) is 9.83. The molecule has 2 aromatic rings. The van der Waals surface area contributed by atoms with Crippen LogP contribution in [0, 0.1) is 6.92 Å². The molecule has 0 spiro atoms. The third kappa shape index (κ3) is 4.86. The van der Waals surface area contributed by atoms with Gasteiger partial charge in [-0.1, -0.05) is 29.3 Å². The van der Waals surface area contributed by atoms with Crippen LogP contribution in [-0.2, 0) is 9.84 Å². The van der Waals surface area contributed by atoms with E-state index in [1.807, 2.05) is 6.92 Å². The predicted octanol–water partition coefficient (Wildman–Crippen LogP) is 2.57. The Morgan fingerprint density at radius 1 is 1.31 bits per heavy atom. The van der Waals surface area contributed by atoms with Crippen LogP contribution in [-0.4, -0.2) is 31.3 Å². The molecule has 1 aromatic heterocycles. The Morgan fingerprint density at radius 3 is 2.50 bits per heavy atom. The fourth-order valence-electron chi connectivity index (χ4n) is 2.02. The number of nitrogens with zero attached hydrogens (tertiary/aromatic N) is 1. The molecule has 0 aliphatic rings. The van der Waals surface area contributed by atoms with Crippen molar-refractivity contribution in [2.45, 2.75) is 31.8 Å². The van der Waals surface area contributed by atoms with E-state index in [2.05, 4.69) is 10.3 Å². The molecule has 0 aliphatic heterocycles. The number of pyridine rings is 1. The lowest BCUT2D eigenvalue weighted by Crippen LogP contribution is -2.30. The number of hydrogen-bond donors (Lipinski definition) is 2. The number of nitrogens with one attached hydrogen (secondary N) is 1. The van der Waals surface area contributed by atoms with Crippen molar-refractivity contribution in [3.8, 4) is 5.88 Å². The maximum absolute atomic E-state index is 12.3. The van der Waals surface area contributed by atoms with Crippen LogP contribution in [0.2, 0.25) is 5.02 Å². The second kappa shape index (κ2) is 7.92. The third-order valence-electron chi connectivity index (χ3n) is 3.34. The van der Waals surface area contributed by atoms with Gasteiger partial charge in [0.25, 0.3) is 5.91 Å². The average Bonchev–Trinajstić information content (AvgIpc) is 2.56. The summed E-state index contributed by atoms with van der Waals surface area (Å²) in [5.41, 5.74) is 6.74. The number of hydrogen-bond acceptors (Lipinski definition) is 6. The summed E-state index contributed by atoms with van der Waals surface area (Å²) >= 11 is 6.02. The van der Waals surface area contributed by atoms with E-state index in [1.54, 1.807) is 26.0 Å². The van der Waals surface area contributed by atoms with Gasteiger partial charge in [0.15, 0.2) is 9.84 Å². The van der Waals surface area contributed by atoms with Gasteiger partial charge >= 0.3 is 0 Å². The molecule has 7 nitrogen and oxygen atoms in total. The van der Waals surface area contributed by atoms with E-state index in [1.165, 1.54) is 18.2 Å². The topological polar surface area (TPSA) is 111 Å². The van der Waals surface area contributed by atoms with Gasteiger partial charge in [-0.15, -0.1) is 0 Å². The van der Waals surface area contributed by atoms with Crippen LogP contribution in [0.15, 0.2) is 35.2 Å². The number of anilines is 1. The Bertz CT molecular complexity index is 912. The second-order valence-electron chi connectivity index (χ2n) is 5.96. The zero-order valence-corrected chi connectivity index (χ0v) is 16.2. The molecular formula is C17H20ClN3O4S. The molecule has 1 aromatic carbocycles. The number of nitrogens with two attached hydrogens (primary N) is 1. The number of ether oxygens (including phenoxy) is 1. The predicted molar refractivity (Wildman–Crippen MR) is 100 cm³/mol. The summed E-state index contributed by atoms with van der Waals surface area (Å²) < 4.78 is 30.0. The number of rotatable bonds is 6. The highest BCUT2D eigenvalue weighted by Crippen LogP contribution is 2.29. The Labute approximate surface area is 157 Å². The van der Waals surface area contributed by atoms with E-state index in [9.17, 15) is 13.2 Å². The van der Waals surface area contributed by atoms with Crippen molar-refractivity contribution >= 4 is 33.0 Å². The largest absolute Gasteiger partial charge is 0.474 e. The van der Waals surface area contributed by atoms with Crippen molar-refractivity contribution in [2.75, 3.05) is 11.6 Å². The summed E-state index contributed by atoms with van der Waals surface area (Å²) in [7, 11) is -3.68. The molecule has 1 amide bonds. The van der Waals surface area contributed by atoms with Crippen LogP contribution in [0.25, 0.3) is 0 Å². The van der Waals surface area contributed by atoms with E-state index in [-0.39, 0.29) is 33.3 Å². The first kappa shape index (κ1) is 20.0. The number of amides is 1. The van der Waals surface area contributed by atoms with Crippen LogP contribution in [0.5, 0.6) is 5.88 Å². The van der Waals surface area contributed by atoms with Gasteiger partial charge in [-0.3, -0.25) is 4.79 Å². The lowest BCUT2D eigenvalue weighted by Gasteiger charge is -2.13. The smallest absolute Gasteiger partial charge is 0.270 e. The van der Waals surface area contributed by atoms with Crippen LogP contribution < -0.4 is 15.8 Å². The van der Waals surface area contributed by atoms with Crippen LogP contribution in [0.1, 0.15) is 29.9 Å². The van der Waals surface area contributed by atoms with Crippen molar-refractivity contribution in [3.05, 3.63) is 46.6 Å². The van der Waals surface area contributed by atoms with Crippen molar-refractivity contribution in [3.63, 3.8) is 0 Å². The Morgan fingerprint density at radius 2 is 1.92 bits per heavy atom. The van der Waals surface area contributed by atoms with Crippen LogP contribution in [0.3, 0.4) is 0 Å². The maximum atomic E-state index is 12.3. The molecule has 0 radical (unpaired) electrons. The minimum absolute atomic E-state index is 0.0215. The minimum Gasteiger partial charge on any atom is -0.474 e. The SMILES string of the molecule is Cc1ccc(S(=O)(=O)CNC(=O)c2cc(N)c(Cl)c(OC(C)C)n2)cc1. The molecule has 2 rings (SSSR count).